The van der Waals surface area contributed by atoms with Gasteiger partial charge in [-0.1, -0.05) is 22.9 Å². The summed E-state index contributed by atoms with van der Waals surface area (Å²) in [5.41, 5.74) is 6.46. The molecule has 15 heavy (non-hydrogen) atoms. The molecule has 0 aliphatic heterocycles. The minimum Gasteiger partial charge on any atom is -0.329 e. The summed E-state index contributed by atoms with van der Waals surface area (Å²) in [5.74, 6) is -0.205. The molecule has 1 rings (SSSR count). The van der Waals surface area contributed by atoms with Gasteiger partial charge in [0, 0.05) is 24.1 Å². The maximum atomic E-state index is 13.1. The lowest BCUT2D eigenvalue weighted by Crippen LogP contribution is -2.28. The molecule has 1 aromatic rings. The highest BCUT2D eigenvalue weighted by atomic mass is 79.9. The molecule has 0 atom stereocenters. The fraction of sp³-hybridized carbons (Fsp3) is 0.455. The molecule has 0 fully saturated rings. The van der Waals surface area contributed by atoms with Gasteiger partial charge in [-0.25, -0.2) is 4.39 Å². The van der Waals surface area contributed by atoms with Crippen molar-refractivity contribution in [1.82, 2.24) is 4.90 Å². The van der Waals surface area contributed by atoms with E-state index in [-0.39, 0.29) is 5.82 Å². The highest BCUT2D eigenvalue weighted by Crippen LogP contribution is 2.16. The van der Waals surface area contributed by atoms with E-state index in [2.05, 4.69) is 27.8 Å². The third-order valence-electron chi connectivity index (χ3n) is 2.22. The van der Waals surface area contributed by atoms with E-state index in [0.717, 1.165) is 29.7 Å². The monoisotopic (exact) mass is 274 g/mol. The van der Waals surface area contributed by atoms with E-state index >= 15 is 0 Å². The molecule has 0 spiro atoms. The molecule has 0 unspecified atom stereocenters. The number of nitrogens with two attached hydrogens (primary N) is 1. The number of hydrogen-bond donors (Lipinski definition) is 1. The van der Waals surface area contributed by atoms with Crippen LogP contribution in [0.4, 0.5) is 4.39 Å². The zero-order chi connectivity index (χ0) is 11.3. The van der Waals surface area contributed by atoms with Crippen LogP contribution in [0, 0.1) is 5.82 Å². The van der Waals surface area contributed by atoms with Gasteiger partial charge in [-0.2, -0.15) is 0 Å². The summed E-state index contributed by atoms with van der Waals surface area (Å²) in [6.45, 7) is 5.20. The van der Waals surface area contributed by atoms with Gasteiger partial charge in [0.2, 0.25) is 0 Å². The Morgan fingerprint density at radius 2 is 2.13 bits per heavy atom. The number of rotatable bonds is 5. The molecule has 0 saturated heterocycles. The van der Waals surface area contributed by atoms with Gasteiger partial charge < -0.3 is 5.73 Å². The fourth-order valence-electron chi connectivity index (χ4n) is 1.49. The van der Waals surface area contributed by atoms with E-state index in [0.29, 0.717) is 6.54 Å². The Bertz CT molecular complexity index is 297. The summed E-state index contributed by atoms with van der Waals surface area (Å²) in [6.07, 6.45) is 0. The lowest BCUT2D eigenvalue weighted by Gasteiger charge is -2.19. The van der Waals surface area contributed by atoms with Gasteiger partial charge in [0.1, 0.15) is 5.82 Å². The zero-order valence-electron chi connectivity index (χ0n) is 8.84. The number of benzene rings is 1. The lowest BCUT2D eigenvalue weighted by molar-refractivity contribution is 0.287. The van der Waals surface area contributed by atoms with Gasteiger partial charge in [0.15, 0.2) is 0 Å². The van der Waals surface area contributed by atoms with Crippen molar-refractivity contribution in [1.29, 1.82) is 0 Å². The summed E-state index contributed by atoms with van der Waals surface area (Å²) >= 11 is 3.28. The van der Waals surface area contributed by atoms with Crippen LogP contribution in [0.5, 0.6) is 0 Å². The van der Waals surface area contributed by atoms with Crippen molar-refractivity contribution in [3.8, 4) is 0 Å². The first-order chi connectivity index (χ1) is 7.15. The third kappa shape index (κ3) is 4.28. The van der Waals surface area contributed by atoms with Gasteiger partial charge >= 0.3 is 0 Å². The molecule has 0 aliphatic carbocycles. The molecule has 84 valence electrons. The summed E-state index contributed by atoms with van der Waals surface area (Å²) < 4.78 is 13.9. The van der Waals surface area contributed by atoms with E-state index in [1.165, 1.54) is 6.07 Å². The SMILES string of the molecule is CCN(CCN)Cc1cc(F)cc(Br)c1. The second-order valence-corrected chi connectivity index (χ2v) is 4.35. The predicted octanol–water partition coefficient (Wildman–Crippen LogP) is 2.37. The normalized spacial score (nSPS) is 11.0. The van der Waals surface area contributed by atoms with Gasteiger partial charge in [0.25, 0.3) is 0 Å². The Morgan fingerprint density at radius 3 is 2.67 bits per heavy atom. The van der Waals surface area contributed by atoms with Crippen molar-refractivity contribution >= 4 is 15.9 Å². The molecule has 2 N–H and O–H groups in total. The van der Waals surface area contributed by atoms with Crippen LogP contribution in [0.2, 0.25) is 0 Å². The largest absolute Gasteiger partial charge is 0.329 e. The predicted molar refractivity (Wildman–Crippen MR) is 64.1 cm³/mol. The molecule has 1 aromatic carbocycles. The summed E-state index contributed by atoms with van der Waals surface area (Å²) in [4.78, 5) is 2.18. The van der Waals surface area contributed by atoms with E-state index < -0.39 is 0 Å². The van der Waals surface area contributed by atoms with E-state index in [1.807, 2.05) is 6.07 Å². The van der Waals surface area contributed by atoms with Crippen LogP contribution < -0.4 is 5.73 Å². The molecular weight excluding hydrogens is 259 g/mol. The van der Waals surface area contributed by atoms with Crippen molar-refractivity contribution in [2.24, 2.45) is 5.73 Å². The fourth-order valence-corrected chi connectivity index (χ4v) is 2.00. The summed E-state index contributed by atoms with van der Waals surface area (Å²) in [5, 5.41) is 0. The van der Waals surface area contributed by atoms with Crippen molar-refractivity contribution < 1.29 is 4.39 Å². The lowest BCUT2D eigenvalue weighted by atomic mass is 10.2. The van der Waals surface area contributed by atoms with Gasteiger partial charge in [-0.3, -0.25) is 4.90 Å². The van der Waals surface area contributed by atoms with Crippen LogP contribution >= 0.6 is 15.9 Å². The molecule has 0 radical (unpaired) electrons. The molecule has 0 bridgehead atoms. The number of halogens is 2. The molecule has 0 aromatic heterocycles. The van der Waals surface area contributed by atoms with Gasteiger partial charge in [-0.15, -0.1) is 0 Å². The minimum atomic E-state index is -0.205. The average Bonchev–Trinajstić information content (AvgIpc) is 2.15. The van der Waals surface area contributed by atoms with Crippen molar-refractivity contribution in [3.63, 3.8) is 0 Å². The van der Waals surface area contributed by atoms with Gasteiger partial charge in [0.05, 0.1) is 0 Å². The maximum absolute atomic E-state index is 13.1. The minimum absolute atomic E-state index is 0.205. The first kappa shape index (κ1) is 12.6. The quantitative estimate of drug-likeness (QED) is 0.894. The molecule has 4 heteroatoms. The molecule has 0 saturated carbocycles. The Morgan fingerprint density at radius 1 is 1.40 bits per heavy atom. The van der Waals surface area contributed by atoms with Crippen molar-refractivity contribution in [2.45, 2.75) is 13.5 Å². The van der Waals surface area contributed by atoms with Gasteiger partial charge in [-0.05, 0) is 30.3 Å². The second kappa shape index (κ2) is 6.20. The maximum Gasteiger partial charge on any atom is 0.124 e. The van der Waals surface area contributed by atoms with Crippen LogP contribution in [-0.2, 0) is 6.54 Å². The first-order valence-corrected chi connectivity index (χ1v) is 5.82. The van der Waals surface area contributed by atoms with Crippen molar-refractivity contribution in [3.05, 3.63) is 34.1 Å². The summed E-state index contributed by atoms with van der Waals surface area (Å²) in [7, 11) is 0. The Kier molecular flexibility index (Phi) is 5.22. The van der Waals surface area contributed by atoms with Crippen LogP contribution in [0.3, 0.4) is 0 Å². The van der Waals surface area contributed by atoms with Crippen LogP contribution in [0.1, 0.15) is 12.5 Å². The van der Waals surface area contributed by atoms with E-state index in [1.54, 1.807) is 6.07 Å². The van der Waals surface area contributed by atoms with Crippen LogP contribution in [-0.4, -0.2) is 24.5 Å². The van der Waals surface area contributed by atoms with E-state index in [9.17, 15) is 4.39 Å². The topological polar surface area (TPSA) is 29.3 Å². The van der Waals surface area contributed by atoms with Crippen LogP contribution in [0.15, 0.2) is 22.7 Å². The molecular formula is C11H16BrFN2. The van der Waals surface area contributed by atoms with E-state index in [4.69, 9.17) is 5.73 Å². The second-order valence-electron chi connectivity index (χ2n) is 3.44. The molecule has 2 nitrogen and oxygen atoms in total. The molecule has 0 amide bonds. The Hall–Kier alpha value is -0.450. The number of hydrogen-bond acceptors (Lipinski definition) is 2. The smallest absolute Gasteiger partial charge is 0.124 e. The molecule has 0 aliphatic rings. The number of likely N-dealkylation sites (N-methyl/N-ethyl adjacent to an activating group) is 1. The highest BCUT2D eigenvalue weighted by Gasteiger charge is 2.04. The van der Waals surface area contributed by atoms with Crippen LogP contribution in [0.25, 0.3) is 0 Å². The third-order valence-corrected chi connectivity index (χ3v) is 2.68. The van der Waals surface area contributed by atoms with Crippen molar-refractivity contribution in [2.75, 3.05) is 19.6 Å². The number of nitrogens with zero attached hydrogens (tertiary/aromatic N) is 1. The summed E-state index contributed by atoms with van der Waals surface area (Å²) in [6, 6.07) is 4.95. The molecule has 0 heterocycles. The standard InChI is InChI=1S/C11H16BrFN2/c1-2-15(4-3-14)8-9-5-10(12)7-11(13)6-9/h5-7H,2-4,8,14H2,1H3. The Balaban J connectivity index is 2.69. The average molecular weight is 275 g/mol. The highest BCUT2D eigenvalue weighted by molar-refractivity contribution is 9.10. The Labute approximate surface area is 98.4 Å². The zero-order valence-corrected chi connectivity index (χ0v) is 10.4. The first-order valence-electron chi connectivity index (χ1n) is 5.03.